The maximum atomic E-state index is 11.6. The first-order valence-corrected chi connectivity index (χ1v) is 7.90. The Morgan fingerprint density at radius 3 is 2.32 bits per heavy atom. The molecule has 0 saturated heterocycles. The van der Waals surface area contributed by atoms with Crippen molar-refractivity contribution in [3.63, 3.8) is 0 Å². The van der Waals surface area contributed by atoms with Crippen LogP contribution in [-0.2, 0) is 17.9 Å². The van der Waals surface area contributed by atoms with Crippen LogP contribution in [0.5, 0.6) is 5.75 Å². The normalized spacial score (nSPS) is 10.3. The van der Waals surface area contributed by atoms with Gasteiger partial charge in [-0.25, -0.2) is 4.79 Å². The van der Waals surface area contributed by atoms with Gasteiger partial charge in [0.05, 0.1) is 5.56 Å². The number of carbonyl (C=O) groups is 2. The van der Waals surface area contributed by atoms with E-state index in [2.05, 4.69) is 5.32 Å². The van der Waals surface area contributed by atoms with Crippen molar-refractivity contribution in [1.29, 1.82) is 0 Å². The van der Waals surface area contributed by atoms with E-state index >= 15 is 0 Å². The van der Waals surface area contributed by atoms with Crippen LogP contribution in [0.15, 0.2) is 48.5 Å². The van der Waals surface area contributed by atoms with Crippen LogP contribution in [0.4, 0.5) is 0 Å². The average molecular weight is 342 g/mol. The van der Waals surface area contributed by atoms with Crippen molar-refractivity contribution in [2.75, 3.05) is 20.7 Å². The van der Waals surface area contributed by atoms with Gasteiger partial charge in [-0.2, -0.15) is 0 Å². The highest BCUT2D eigenvalue weighted by atomic mass is 16.5. The molecule has 6 heteroatoms. The van der Waals surface area contributed by atoms with Crippen molar-refractivity contribution in [3.05, 3.63) is 65.2 Å². The van der Waals surface area contributed by atoms with Crippen LogP contribution >= 0.6 is 0 Å². The second kappa shape index (κ2) is 8.84. The molecular weight excluding hydrogens is 320 g/mol. The zero-order valence-electron chi connectivity index (χ0n) is 14.4. The van der Waals surface area contributed by atoms with E-state index in [-0.39, 0.29) is 18.1 Å². The standard InChI is InChI=1S/C19H22N2O4/c1-21(2)18(22)13-25-17-8-4-6-15(10-17)12-20-11-14-5-3-7-16(9-14)19(23)24/h3-10,20H,11-13H2,1-2H3,(H,23,24). The lowest BCUT2D eigenvalue weighted by Gasteiger charge is -2.12. The third-order valence-electron chi connectivity index (χ3n) is 3.59. The smallest absolute Gasteiger partial charge is 0.335 e. The number of rotatable bonds is 8. The molecule has 0 heterocycles. The predicted octanol–water partition coefficient (Wildman–Crippen LogP) is 2.14. The molecule has 0 spiro atoms. The van der Waals surface area contributed by atoms with E-state index in [1.807, 2.05) is 30.3 Å². The Bertz CT molecular complexity index is 744. The number of nitrogens with zero attached hydrogens (tertiary/aromatic N) is 1. The van der Waals surface area contributed by atoms with E-state index in [9.17, 15) is 9.59 Å². The number of nitrogens with one attached hydrogen (secondary N) is 1. The molecule has 6 nitrogen and oxygen atoms in total. The number of likely N-dealkylation sites (N-methyl/N-ethyl adjacent to an activating group) is 1. The second-order valence-electron chi connectivity index (χ2n) is 5.83. The van der Waals surface area contributed by atoms with Gasteiger partial charge in [-0.1, -0.05) is 24.3 Å². The summed E-state index contributed by atoms with van der Waals surface area (Å²) in [5, 5.41) is 12.3. The van der Waals surface area contributed by atoms with E-state index < -0.39 is 5.97 Å². The van der Waals surface area contributed by atoms with Crippen LogP contribution in [0, 0.1) is 0 Å². The molecule has 1 amide bonds. The van der Waals surface area contributed by atoms with Crippen LogP contribution < -0.4 is 10.1 Å². The Hall–Kier alpha value is -2.86. The number of aromatic carboxylic acids is 1. The molecule has 0 aliphatic heterocycles. The number of carbonyl (C=O) groups excluding carboxylic acids is 1. The summed E-state index contributed by atoms with van der Waals surface area (Å²) < 4.78 is 5.49. The minimum Gasteiger partial charge on any atom is -0.484 e. The predicted molar refractivity (Wildman–Crippen MR) is 94.6 cm³/mol. The largest absolute Gasteiger partial charge is 0.484 e. The molecule has 0 bridgehead atoms. The highest BCUT2D eigenvalue weighted by molar-refractivity contribution is 5.87. The summed E-state index contributed by atoms with van der Waals surface area (Å²) in [6.45, 7) is 1.17. The second-order valence-corrected chi connectivity index (χ2v) is 5.83. The summed E-state index contributed by atoms with van der Waals surface area (Å²) in [6.07, 6.45) is 0. The fourth-order valence-corrected chi connectivity index (χ4v) is 2.18. The number of hydrogen-bond donors (Lipinski definition) is 2. The molecule has 0 radical (unpaired) electrons. The van der Waals surface area contributed by atoms with Crippen LogP contribution in [0.3, 0.4) is 0 Å². The molecule has 0 aromatic heterocycles. The first-order valence-electron chi connectivity index (χ1n) is 7.90. The Balaban J connectivity index is 1.87. The molecule has 2 aromatic carbocycles. The molecule has 0 fully saturated rings. The van der Waals surface area contributed by atoms with E-state index in [1.54, 1.807) is 32.3 Å². The van der Waals surface area contributed by atoms with Gasteiger partial charge in [0.2, 0.25) is 0 Å². The van der Waals surface area contributed by atoms with Crippen molar-refractivity contribution in [1.82, 2.24) is 10.2 Å². The molecule has 25 heavy (non-hydrogen) atoms. The van der Waals surface area contributed by atoms with Gasteiger partial charge in [-0.05, 0) is 35.4 Å². The van der Waals surface area contributed by atoms with Crippen LogP contribution in [0.25, 0.3) is 0 Å². The van der Waals surface area contributed by atoms with Gasteiger partial charge in [0.25, 0.3) is 5.91 Å². The lowest BCUT2D eigenvalue weighted by Crippen LogP contribution is -2.27. The summed E-state index contributed by atoms with van der Waals surface area (Å²) in [4.78, 5) is 24.0. The maximum absolute atomic E-state index is 11.6. The summed E-state index contributed by atoms with van der Waals surface area (Å²) in [7, 11) is 3.37. The molecule has 0 aliphatic rings. The quantitative estimate of drug-likeness (QED) is 0.768. The van der Waals surface area contributed by atoms with E-state index in [0.29, 0.717) is 18.8 Å². The van der Waals surface area contributed by atoms with Crippen molar-refractivity contribution >= 4 is 11.9 Å². The average Bonchev–Trinajstić information content (AvgIpc) is 2.60. The summed E-state index contributed by atoms with van der Waals surface area (Å²) in [5.74, 6) is -0.386. The molecule has 2 aromatic rings. The first-order chi connectivity index (χ1) is 12.0. The molecular formula is C19H22N2O4. The third kappa shape index (κ3) is 5.93. The third-order valence-corrected chi connectivity index (χ3v) is 3.59. The van der Waals surface area contributed by atoms with Gasteiger partial charge in [0.1, 0.15) is 5.75 Å². The minimum atomic E-state index is -0.932. The van der Waals surface area contributed by atoms with Gasteiger partial charge >= 0.3 is 5.97 Å². The molecule has 0 atom stereocenters. The number of benzene rings is 2. The van der Waals surface area contributed by atoms with Gasteiger partial charge in [-0.15, -0.1) is 0 Å². The number of amides is 1. The van der Waals surface area contributed by atoms with Crippen LogP contribution in [-0.4, -0.2) is 42.6 Å². The van der Waals surface area contributed by atoms with Gasteiger partial charge in [-0.3, -0.25) is 4.79 Å². The number of hydrogen-bond acceptors (Lipinski definition) is 4. The van der Waals surface area contributed by atoms with Gasteiger partial charge in [0.15, 0.2) is 6.61 Å². The Kier molecular flexibility index (Phi) is 6.54. The number of ether oxygens (including phenoxy) is 1. The van der Waals surface area contributed by atoms with Gasteiger partial charge in [0, 0.05) is 27.2 Å². The molecule has 0 aliphatic carbocycles. The summed E-state index contributed by atoms with van der Waals surface area (Å²) in [5.41, 5.74) is 2.20. The molecule has 2 N–H and O–H groups in total. The van der Waals surface area contributed by atoms with Crippen LogP contribution in [0.1, 0.15) is 21.5 Å². The molecule has 0 unspecified atom stereocenters. The molecule has 2 rings (SSSR count). The minimum absolute atomic E-state index is 0.00582. The number of carboxylic acids is 1. The zero-order valence-corrected chi connectivity index (χ0v) is 14.4. The lowest BCUT2D eigenvalue weighted by atomic mass is 10.1. The SMILES string of the molecule is CN(C)C(=O)COc1cccc(CNCc2cccc(C(=O)O)c2)c1. The van der Waals surface area contributed by atoms with Gasteiger partial charge < -0.3 is 20.1 Å². The highest BCUT2D eigenvalue weighted by Gasteiger charge is 2.06. The van der Waals surface area contributed by atoms with Crippen molar-refractivity contribution in [2.24, 2.45) is 0 Å². The Morgan fingerprint density at radius 2 is 1.68 bits per heavy atom. The van der Waals surface area contributed by atoms with E-state index in [1.165, 1.54) is 4.90 Å². The number of carboxylic acid groups (broad SMARTS) is 1. The Labute approximate surface area is 147 Å². The van der Waals surface area contributed by atoms with E-state index in [4.69, 9.17) is 9.84 Å². The Morgan fingerprint density at radius 1 is 1.04 bits per heavy atom. The fraction of sp³-hybridized carbons (Fsp3) is 0.263. The van der Waals surface area contributed by atoms with Crippen LogP contribution in [0.2, 0.25) is 0 Å². The van der Waals surface area contributed by atoms with E-state index in [0.717, 1.165) is 11.1 Å². The maximum Gasteiger partial charge on any atom is 0.335 e. The lowest BCUT2D eigenvalue weighted by molar-refractivity contribution is -0.130. The monoisotopic (exact) mass is 342 g/mol. The van der Waals surface area contributed by atoms with Crippen molar-refractivity contribution in [2.45, 2.75) is 13.1 Å². The molecule has 132 valence electrons. The van der Waals surface area contributed by atoms with Crippen molar-refractivity contribution in [3.8, 4) is 5.75 Å². The highest BCUT2D eigenvalue weighted by Crippen LogP contribution is 2.13. The summed E-state index contributed by atoms with van der Waals surface area (Å²) in [6, 6.07) is 14.4. The fourth-order valence-electron chi connectivity index (χ4n) is 2.18. The first kappa shape index (κ1) is 18.5. The van der Waals surface area contributed by atoms with Crippen molar-refractivity contribution < 1.29 is 19.4 Å². The topological polar surface area (TPSA) is 78.9 Å². The summed E-state index contributed by atoms with van der Waals surface area (Å²) >= 11 is 0. The zero-order chi connectivity index (χ0) is 18.2. The molecule has 0 saturated carbocycles.